The van der Waals surface area contributed by atoms with Crippen molar-refractivity contribution in [2.75, 3.05) is 51.7 Å². The first-order chi connectivity index (χ1) is 17.8. The van der Waals surface area contributed by atoms with E-state index in [1.165, 1.54) is 11.1 Å². The number of nitrogens with one attached hydrogen (secondary N) is 1. The first kappa shape index (κ1) is 29.2. The quantitative estimate of drug-likeness (QED) is 0.0908. The zero-order chi connectivity index (χ0) is 26.7. The topological polar surface area (TPSA) is 21.5 Å². The normalized spacial score (nSPS) is 16.8. The van der Waals surface area contributed by atoms with Gasteiger partial charge in [-0.15, -0.1) is 0 Å². The first-order valence-electron chi connectivity index (χ1n) is 13.4. The number of piperazine rings is 1. The van der Waals surface area contributed by atoms with Gasteiger partial charge in [-0.1, -0.05) is 55.6 Å². The van der Waals surface area contributed by atoms with Crippen LogP contribution in [0.4, 0.5) is 10.1 Å². The van der Waals surface area contributed by atoms with Crippen LogP contribution in [-0.2, 0) is 13.0 Å². The molecule has 0 spiro atoms. The Morgan fingerprint density at radius 2 is 1.78 bits per heavy atom. The summed E-state index contributed by atoms with van der Waals surface area (Å²) < 4.78 is 16.5. The summed E-state index contributed by atoms with van der Waals surface area (Å²) in [6.45, 7) is 11.5. The van der Waals surface area contributed by atoms with E-state index < -0.39 is 0 Å². The van der Waals surface area contributed by atoms with E-state index >= 15 is 0 Å². The molecule has 1 unspecified atom stereocenters. The van der Waals surface area contributed by atoms with Crippen LogP contribution < -0.4 is 10.2 Å². The average molecular weight is 524 g/mol. The number of halogens is 1. The molecular weight excluding hydrogens is 479 g/mol. The van der Waals surface area contributed by atoms with Crippen molar-refractivity contribution in [1.29, 1.82) is 0 Å². The highest BCUT2D eigenvalue weighted by Gasteiger charge is 2.29. The van der Waals surface area contributed by atoms with Crippen LogP contribution in [0.15, 0.2) is 67.3 Å². The van der Waals surface area contributed by atoms with Crippen LogP contribution in [-0.4, -0.2) is 67.4 Å². The lowest BCUT2D eigenvalue weighted by molar-refractivity contribution is -0.535. The van der Waals surface area contributed by atoms with Gasteiger partial charge >= 0.3 is 0 Å². The molecule has 4 nitrogen and oxygen atoms in total. The van der Waals surface area contributed by atoms with Crippen molar-refractivity contribution >= 4 is 24.5 Å². The van der Waals surface area contributed by atoms with Gasteiger partial charge in [0.25, 0.3) is 0 Å². The Kier molecular flexibility index (Phi) is 11.4. The Labute approximate surface area is 229 Å². The fourth-order valence-electron chi connectivity index (χ4n) is 4.69. The van der Waals surface area contributed by atoms with E-state index in [4.69, 9.17) is 12.6 Å². The summed E-state index contributed by atoms with van der Waals surface area (Å²) in [5, 5.41) is 3.19. The Bertz CT molecular complexity index is 1060. The predicted molar refractivity (Wildman–Crippen MR) is 160 cm³/mol. The molecule has 6 heteroatoms. The largest absolute Gasteiger partial charge is 0.367 e. The van der Waals surface area contributed by atoms with Crippen molar-refractivity contribution in [3.05, 3.63) is 89.8 Å². The number of hydrogen-bond donors (Lipinski definition) is 2. The summed E-state index contributed by atoms with van der Waals surface area (Å²) in [5.74, 6) is -0.117. The van der Waals surface area contributed by atoms with Crippen LogP contribution in [0.1, 0.15) is 36.0 Å². The number of nitrogens with zero attached hydrogens (tertiary/aromatic N) is 3. The molecule has 0 amide bonds. The third-order valence-corrected chi connectivity index (χ3v) is 7.93. The second-order valence-electron chi connectivity index (χ2n) is 10.1. The second kappa shape index (κ2) is 14.5. The van der Waals surface area contributed by atoms with Crippen molar-refractivity contribution < 1.29 is 8.97 Å². The maximum absolute atomic E-state index is 14.3. The Hall–Kier alpha value is -2.41. The Balaban J connectivity index is 1.45. The number of likely N-dealkylation sites (N-methyl/N-ethyl adjacent to an activating group) is 1. The average Bonchev–Trinajstić information content (AvgIpc) is 2.90. The zero-order valence-electron chi connectivity index (χ0n) is 22.8. The highest BCUT2D eigenvalue weighted by Crippen LogP contribution is 2.24. The zero-order valence-corrected chi connectivity index (χ0v) is 23.7. The van der Waals surface area contributed by atoms with E-state index in [1.54, 1.807) is 6.07 Å². The summed E-state index contributed by atoms with van der Waals surface area (Å²) in [7, 11) is 4.04. The van der Waals surface area contributed by atoms with Gasteiger partial charge in [0, 0.05) is 39.1 Å². The minimum Gasteiger partial charge on any atom is -0.367 e. The van der Waals surface area contributed by atoms with E-state index in [0.29, 0.717) is 0 Å². The van der Waals surface area contributed by atoms with Gasteiger partial charge in [0.15, 0.2) is 6.21 Å². The summed E-state index contributed by atoms with van der Waals surface area (Å²) in [5.41, 5.74) is 4.30. The van der Waals surface area contributed by atoms with Gasteiger partial charge < -0.3 is 10.2 Å². The first-order valence-corrected chi connectivity index (χ1v) is 13.8. The lowest BCUT2D eigenvalue weighted by atomic mass is 10.1. The maximum atomic E-state index is 14.3. The van der Waals surface area contributed by atoms with Crippen LogP contribution in [0.25, 0.3) is 0 Å². The third-order valence-electron chi connectivity index (χ3n) is 7.20. The lowest BCUT2D eigenvalue weighted by Gasteiger charge is -2.36. The van der Waals surface area contributed by atoms with Crippen molar-refractivity contribution in [1.82, 2.24) is 10.2 Å². The van der Waals surface area contributed by atoms with Gasteiger partial charge in [0.1, 0.15) is 12.9 Å². The number of anilines is 1. The van der Waals surface area contributed by atoms with Gasteiger partial charge in [-0.2, -0.15) is 0 Å². The predicted octanol–water partition coefficient (Wildman–Crippen LogP) is 5.47. The van der Waals surface area contributed by atoms with E-state index in [1.807, 2.05) is 32.2 Å². The number of rotatable bonds is 13. The number of thiol groups is 1. The summed E-state index contributed by atoms with van der Waals surface area (Å²) >= 11 is 4.88. The number of hydrogen-bond acceptors (Lipinski definition) is 4. The number of allylic oxidation sites excluding steroid dienone is 2. The van der Waals surface area contributed by atoms with Gasteiger partial charge in [0.2, 0.25) is 4.87 Å². The molecule has 1 atom stereocenters. The molecule has 1 aliphatic rings. The molecule has 37 heavy (non-hydrogen) atoms. The van der Waals surface area contributed by atoms with Gasteiger partial charge in [-0.3, -0.25) is 4.90 Å². The smallest absolute Gasteiger partial charge is 0.223 e. The van der Waals surface area contributed by atoms with Gasteiger partial charge in [-0.25, -0.2) is 8.97 Å². The van der Waals surface area contributed by atoms with Gasteiger partial charge in [0.05, 0.1) is 5.69 Å². The molecule has 1 N–H and O–H groups in total. The number of unbranched alkanes of at least 4 members (excludes halogenated alkanes) is 1. The van der Waals surface area contributed by atoms with E-state index in [9.17, 15) is 4.39 Å². The molecular formula is C31H44FN4S+. The van der Waals surface area contributed by atoms with Crippen LogP contribution in [0, 0.1) is 12.7 Å². The highest BCUT2D eigenvalue weighted by molar-refractivity contribution is 7.81. The fraction of sp³-hybridized carbons (Fsp3) is 0.452. The molecule has 0 aliphatic carbocycles. The second-order valence-corrected chi connectivity index (χ2v) is 10.8. The number of benzene rings is 2. The highest BCUT2D eigenvalue weighted by atomic mass is 32.1. The van der Waals surface area contributed by atoms with Crippen LogP contribution in [0.5, 0.6) is 0 Å². The van der Waals surface area contributed by atoms with Crippen LogP contribution in [0.2, 0.25) is 0 Å². The standard InChI is InChI=1S/C31H43FN4S/c1-5-31(37,17-7-8-18-33-3)34(4)19-9-6-10-27-12-14-28(15-13-27)25-35-20-22-36(23-21-35)30-16-11-26(2)24-29(30)32/h5-6,9,11-16,19,24,33H,1,7-8,10,17-18,20-23,25H2,2-4H3/p+1/b9-6+,34-19+. The van der Waals surface area contributed by atoms with Gasteiger partial charge in [-0.05, 0) is 80.8 Å². The monoisotopic (exact) mass is 523 g/mol. The molecule has 2 aromatic rings. The molecule has 0 aromatic heterocycles. The molecule has 2 aromatic carbocycles. The number of aryl methyl sites for hydroxylation is 1. The minimum atomic E-state index is -0.334. The molecule has 1 saturated heterocycles. The molecule has 200 valence electrons. The minimum absolute atomic E-state index is 0.117. The Morgan fingerprint density at radius 3 is 2.43 bits per heavy atom. The lowest BCUT2D eigenvalue weighted by Crippen LogP contribution is -2.46. The summed E-state index contributed by atoms with van der Waals surface area (Å²) in [6.07, 6.45) is 12.4. The Morgan fingerprint density at radius 1 is 1.08 bits per heavy atom. The van der Waals surface area contributed by atoms with E-state index in [0.717, 1.165) is 76.2 Å². The summed E-state index contributed by atoms with van der Waals surface area (Å²) in [4.78, 5) is 4.27. The molecule has 3 rings (SSSR count). The molecule has 1 fully saturated rings. The van der Waals surface area contributed by atoms with E-state index in [2.05, 4.69) is 76.0 Å². The fourth-order valence-corrected chi connectivity index (χ4v) is 4.91. The SMILES string of the molecule is C=CC(S)(CCCCNC)/[N+](C)=C/C=C/Cc1ccc(CN2CCN(c3ccc(C)cc3F)CC2)cc1. The van der Waals surface area contributed by atoms with Crippen LogP contribution >= 0.6 is 12.6 Å². The van der Waals surface area contributed by atoms with E-state index in [-0.39, 0.29) is 10.7 Å². The van der Waals surface area contributed by atoms with Crippen molar-refractivity contribution in [3.63, 3.8) is 0 Å². The molecule has 0 radical (unpaired) electrons. The third kappa shape index (κ3) is 8.84. The van der Waals surface area contributed by atoms with Crippen molar-refractivity contribution in [2.24, 2.45) is 0 Å². The molecule has 1 heterocycles. The van der Waals surface area contributed by atoms with Crippen molar-refractivity contribution in [3.8, 4) is 0 Å². The summed E-state index contributed by atoms with van der Waals surface area (Å²) in [6, 6.07) is 14.4. The molecule has 0 saturated carbocycles. The molecule has 0 bridgehead atoms. The molecule has 1 aliphatic heterocycles. The van der Waals surface area contributed by atoms with Crippen LogP contribution in [0.3, 0.4) is 0 Å². The van der Waals surface area contributed by atoms with Crippen molar-refractivity contribution in [2.45, 2.75) is 44.0 Å². The maximum Gasteiger partial charge on any atom is 0.223 e.